The fourth-order valence-electron chi connectivity index (χ4n) is 1.51. The Bertz CT molecular complexity index is 557. The molecule has 0 saturated carbocycles. The van der Waals surface area contributed by atoms with E-state index < -0.39 is 0 Å². The average Bonchev–Trinajstić information content (AvgIpc) is 2.62. The summed E-state index contributed by atoms with van der Waals surface area (Å²) >= 11 is 6.03. The molecule has 2 heterocycles. The Morgan fingerprint density at radius 3 is 3.06 bits per heavy atom. The number of imidazole rings is 1. The lowest BCUT2D eigenvalue weighted by Crippen LogP contribution is -1.88. The molecule has 16 heavy (non-hydrogen) atoms. The number of aromatic nitrogens is 2. The van der Waals surface area contributed by atoms with E-state index in [1.165, 1.54) is 0 Å². The van der Waals surface area contributed by atoms with Gasteiger partial charge in [0.1, 0.15) is 11.9 Å². The number of carbonyl (C=O) groups is 1. The minimum Gasteiger partial charge on any atom is -0.299 e. The maximum Gasteiger partial charge on any atom is 0.155 e. The highest BCUT2D eigenvalue weighted by molar-refractivity contribution is 6.31. The summed E-state index contributed by atoms with van der Waals surface area (Å²) in [6.45, 7) is 1.93. The Morgan fingerprint density at radius 1 is 1.56 bits per heavy atom. The van der Waals surface area contributed by atoms with Crippen molar-refractivity contribution in [2.45, 2.75) is 13.3 Å². The van der Waals surface area contributed by atoms with Crippen LogP contribution in [0.2, 0.25) is 5.15 Å². The van der Waals surface area contributed by atoms with Gasteiger partial charge in [-0.05, 0) is 30.2 Å². The monoisotopic (exact) mass is 234 g/mol. The fraction of sp³-hybridized carbons (Fsp3) is 0.167. The molecule has 0 radical (unpaired) electrons. The van der Waals surface area contributed by atoms with Crippen molar-refractivity contribution < 1.29 is 4.79 Å². The van der Waals surface area contributed by atoms with Gasteiger partial charge < -0.3 is 0 Å². The highest BCUT2D eigenvalue weighted by atomic mass is 35.5. The number of pyridine rings is 1. The molecule has 0 fully saturated rings. The standard InChI is InChI=1S/C12H11ClN2O/c1-2-9(8-16)7-10-12(13)14-11-5-3-4-6-15(10)11/h3-8H,2H2,1H3. The van der Waals surface area contributed by atoms with Crippen molar-refractivity contribution in [3.05, 3.63) is 40.8 Å². The van der Waals surface area contributed by atoms with E-state index in [9.17, 15) is 4.79 Å². The van der Waals surface area contributed by atoms with Gasteiger partial charge in [-0.3, -0.25) is 9.20 Å². The number of aldehydes is 1. The average molecular weight is 235 g/mol. The van der Waals surface area contributed by atoms with E-state index in [-0.39, 0.29) is 0 Å². The lowest BCUT2D eigenvalue weighted by Gasteiger charge is -1.97. The van der Waals surface area contributed by atoms with Crippen LogP contribution in [0.15, 0.2) is 30.0 Å². The normalized spacial score (nSPS) is 12.0. The molecule has 82 valence electrons. The Balaban J connectivity index is 2.63. The van der Waals surface area contributed by atoms with Crippen LogP contribution in [0.1, 0.15) is 19.0 Å². The topological polar surface area (TPSA) is 34.4 Å². The van der Waals surface area contributed by atoms with Crippen LogP contribution >= 0.6 is 11.6 Å². The van der Waals surface area contributed by atoms with Gasteiger partial charge in [-0.15, -0.1) is 0 Å². The summed E-state index contributed by atoms with van der Waals surface area (Å²) in [7, 11) is 0. The molecule has 0 aliphatic heterocycles. The smallest absolute Gasteiger partial charge is 0.155 e. The van der Waals surface area contributed by atoms with Gasteiger partial charge in [0.25, 0.3) is 0 Å². The number of rotatable bonds is 3. The summed E-state index contributed by atoms with van der Waals surface area (Å²) in [5.74, 6) is 0. The number of nitrogens with zero attached hydrogens (tertiary/aromatic N) is 2. The van der Waals surface area contributed by atoms with Crippen LogP contribution < -0.4 is 0 Å². The Morgan fingerprint density at radius 2 is 2.38 bits per heavy atom. The molecule has 0 N–H and O–H groups in total. The van der Waals surface area contributed by atoms with Crippen LogP contribution in [0.4, 0.5) is 0 Å². The van der Waals surface area contributed by atoms with E-state index in [1.807, 2.05) is 35.7 Å². The predicted octanol–water partition coefficient (Wildman–Crippen LogP) is 2.98. The van der Waals surface area contributed by atoms with Gasteiger partial charge in [0, 0.05) is 6.20 Å². The van der Waals surface area contributed by atoms with E-state index in [1.54, 1.807) is 6.08 Å². The molecule has 0 aliphatic carbocycles. The number of fused-ring (bicyclic) bond motifs is 1. The molecule has 2 aromatic heterocycles. The maximum absolute atomic E-state index is 10.8. The number of carbonyl (C=O) groups excluding carboxylic acids is 1. The summed E-state index contributed by atoms with van der Waals surface area (Å²) in [5.41, 5.74) is 2.23. The molecule has 0 atom stereocenters. The molecule has 0 aromatic carbocycles. The SMILES string of the molecule is CCC(C=O)=Cc1c(Cl)nc2ccccn12. The summed E-state index contributed by atoms with van der Waals surface area (Å²) in [6.07, 6.45) is 5.17. The molecule has 0 amide bonds. The number of halogens is 1. The minimum atomic E-state index is 0.416. The summed E-state index contributed by atoms with van der Waals surface area (Å²) in [6, 6.07) is 5.66. The van der Waals surface area contributed by atoms with Crippen LogP contribution in [-0.4, -0.2) is 15.7 Å². The fourth-order valence-corrected chi connectivity index (χ4v) is 1.74. The molecule has 0 bridgehead atoms. The third kappa shape index (κ3) is 1.86. The van der Waals surface area contributed by atoms with Crippen LogP contribution in [0, 0.1) is 0 Å². The second kappa shape index (κ2) is 4.49. The van der Waals surface area contributed by atoms with E-state index >= 15 is 0 Å². The van der Waals surface area contributed by atoms with Gasteiger partial charge in [0.15, 0.2) is 5.15 Å². The molecular weight excluding hydrogens is 224 g/mol. The van der Waals surface area contributed by atoms with Crippen LogP contribution in [0.3, 0.4) is 0 Å². The molecule has 0 spiro atoms. The largest absolute Gasteiger partial charge is 0.299 e. The zero-order valence-electron chi connectivity index (χ0n) is 8.85. The summed E-state index contributed by atoms with van der Waals surface area (Å²) in [5, 5.41) is 0.416. The van der Waals surface area contributed by atoms with E-state index in [0.717, 1.165) is 17.6 Å². The van der Waals surface area contributed by atoms with Crippen molar-refractivity contribution in [3.8, 4) is 0 Å². The lowest BCUT2D eigenvalue weighted by atomic mass is 10.2. The highest BCUT2D eigenvalue weighted by Crippen LogP contribution is 2.20. The van der Waals surface area contributed by atoms with Gasteiger partial charge in [0.2, 0.25) is 0 Å². The van der Waals surface area contributed by atoms with Gasteiger partial charge in [-0.2, -0.15) is 0 Å². The van der Waals surface area contributed by atoms with Crippen molar-refractivity contribution >= 4 is 29.6 Å². The lowest BCUT2D eigenvalue weighted by molar-refractivity contribution is -0.104. The minimum absolute atomic E-state index is 0.416. The van der Waals surface area contributed by atoms with E-state index in [0.29, 0.717) is 17.1 Å². The molecule has 2 aromatic rings. The van der Waals surface area contributed by atoms with Crippen LogP contribution in [0.25, 0.3) is 11.7 Å². The second-order valence-electron chi connectivity index (χ2n) is 3.41. The van der Waals surface area contributed by atoms with Gasteiger partial charge >= 0.3 is 0 Å². The van der Waals surface area contributed by atoms with Crippen molar-refractivity contribution in [3.63, 3.8) is 0 Å². The van der Waals surface area contributed by atoms with E-state index in [2.05, 4.69) is 4.98 Å². The number of allylic oxidation sites excluding steroid dienone is 1. The number of hydrogen-bond acceptors (Lipinski definition) is 2. The van der Waals surface area contributed by atoms with Gasteiger partial charge in [-0.1, -0.05) is 24.6 Å². The molecule has 2 rings (SSSR count). The van der Waals surface area contributed by atoms with Crippen molar-refractivity contribution in [1.82, 2.24) is 9.38 Å². The molecule has 0 aliphatic rings. The summed E-state index contributed by atoms with van der Waals surface area (Å²) in [4.78, 5) is 15.0. The molecule has 3 nitrogen and oxygen atoms in total. The maximum atomic E-state index is 10.8. The molecule has 4 heteroatoms. The van der Waals surface area contributed by atoms with Crippen LogP contribution in [0.5, 0.6) is 0 Å². The molecule has 0 unspecified atom stereocenters. The van der Waals surface area contributed by atoms with Crippen molar-refractivity contribution in [2.75, 3.05) is 0 Å². The highest BCUT2D eigenvalue weighted by Gasteiger charge is 2.07. The first kappa shape index (κ1) is 10.9. The summed E-state index contributed by atoms with van der Waals surface area (Å²) < 4.78 is 1.86. The Kier molecular flexibility index (Phi) is 3.06. The van der Waals surface area contributed by atoms with Gasteiger partial charge in [-0.25, -0.2) is 4.98 Å². The Labute approximate surface area is 98.4 Å². The third-order valence-corrected chi connectivity index (χ3v) is 2.68. The van der Waals surface area contributed by atoms with Gasteiger partial charge in [0.05, 0.1) is 5.69 Å². The third-order valence-electron chi connectivity index (χ3n) is 2.40. The van der Waals surface area contributed by atoms with E-state index in [4.69, 9.17) is 11.6 Å². The van der Waals surface area contributed by atoms with Crippen LogP contribution in [-0.2, 0) is 4.79 Å². The van der Waals surface area contributed by atoms with Crippen molar-refractivity contribution in [1.29, 1.82) is 0 Å². The van der Waals surface area contributed by atoms with Crippen molar-refractivity contribution in [2.24, 2.45) is 0 Å². The first-order valence-corrected chi connectivity index (χ1v) is 5.42. The molecule has 0 saturated heterocycles. The zero-order chi connectivity index (χ0) is 11.5. The first-order chi connectivity index (χ1) is 7.76. The zero-order valence-corrected chi connectivity index (χ0v) is 9.61. The first-order valence-electron chi connectivity index (χ1n) is 5.04. The molecular formula is C12H11ClN2O. The Hall–Kier alpha value is -1.61. The second-order valence-corrected chi connectivity index (χ2v) is 3.77. The predicted molar refractivity (Wildman–Crippen MR) is 64.5 cm³/mol. The number of hydrogen-bond donors (Lipinski definition) is 0. The quantitative estimate of drug-likeness (QED) is 0.605.